The highest BCUT2D eigenvalue weighted by Crippen LogP contribution is 2.27. The quantitative estimate of drug-likeness (QED) is 0.406. The second-order valence-electron chi connectivity index (χ2n) is 6.27. The summed E-state index contributed by atoms with van der Waals surface area (Å²) >= 11 is 0. The fourth-order valence-corrected chi connectivity index (χ4v) is 2.95. The maximum absolute atomic E-state index is 12.8. The SMILES string of the molecule is Cc1cc(C(=O)c2c[nH]c3ncc(-c4cccc(C=CC(=O)O)c4)cc23)no1. The van der Waals surface area contributed by atoms with Crippen LogP contribution >= 0.6 is 0 Å². The third-order valence-electron chi connectivity index (χ3n) is 4.27. The first-order valence-corrected chi connectivity index (χ1v) is 8.48. The number of pyridine rings is 1. The Morgan fingerprint density at radius 3 is 2.79 bits per heavy atom. The van der Waals surface area contributed by atoms with E-state index in [2.05, 4.69) is 15.1 Å². The number of ketones is 1. The largest absolute Gasteiger partial charge is 0.478 e. The van der Waals surface area contributed by atoms with Gasteiger partial charge in [-0.3, -0.25) is 4.79 Å². The number of aryl methyl sites for hydroxylation is 1. The van der Waals surface area contributed by atoms with Crippen molar-refractivity contribution < 1.29 is 19.2 Å². The van der Waals surface area contributed by atoms with Gasteiger partial charge >= 0.3 is 5.97 Å². The summed E-state index contributed by atoms with van der Waals surface area (Å²) in [4.78, 5) is 30.9. The van der Waals surface area contributed by atoms with Crippen molar-refractivity contribution in [2.75, 3.05) is 0 Å². The molecule has 0 unspecified atom stereocenters. The molecule has 0 saturated heterocycles. The summed E-state index contributed by atoms with van der Waals surface area (Å²) in [7, 11) is 0. The first kappa shape index (κ1) is 17.4. The molecule has 7 nitrogen and oxygen atoms in total. The second-order valence-corrected chi connectivity index (χ2v) is 6.27. The van der Waals surface area contributed by atoms with Crippen molar-refractivity contribution in [3.8, 4) is 11.1 Å². The minimum absolute atomic E-state index is 0.240. The van der Waals surface area contributed by atoms with Gasteiger partial charge in [0.1, 0.15) is 11.4 Å². The van der Waals surface area contributed by atoms with Gasteiger partial charge in [-0.05, 0) is 36.3 Å². The number of hydrogen-bond donors (Lipinski definition) is 2. The maximum atomic E-state index is 12.8. The number of fused-ring (bicyclic) bond motifs is 1. The summed E-state index contributed by atoms with van der Waals surface area (Å²) in [5.74, 6) is -0.694. The van der Waals surface area contributed by atoms with Gasteiger partial charge in [0.15, 0.2) is 5.69 Å². The number of rotatable bonds is 5. The van der Waals surface area contributed by atoms with E-state index in [0.29, 0.717) is 22.4 Å². The molecule has 0 fully saturated rings. The molecule has 3 aromatic heterocycles. The molecule has 4 rings (SSSR count). The van der Waals surface area contributed by atoms with Gasteiger partial charge in [-0.2, -0.15) is 0 Å². The average Bonchev–Trinajstić information content (AvgIpc) is 3.32. The zero-order valence-corrected chi connectivity index (χ0v) is 14.8. The summed E-state index contributed by atoms with van der Waals surface area (Å²) in [5, 5.41) is 13.3. The summed E-state index contributed by atoms with van der Waals surface area (Å²) in [6.45, 7) is 1.73. The van der Waals surface area contributed by atoms with Crippen LogP contribution in [0.25, 0.3) is 28.2 Å². The van der Waals surface area contributed by atoms with Crippen molar-refractivity contribution in [2.24, 2.45) is 0 Å². The Hall–Kier alpha value is -4.00. The van der Waals surface area contributed by atoms with Crippen LogP contribution in [0.3, 0.4) is 0 Å². The molecule has 0 bridgehead atoms. The number of nitrogens with one attached hydrogen (secondary N) is 1. The van der Waals surface area contributed by atoms with Crippen LogP contribution in [-0.4, -0.2) is 32.0 Å². The van der Waals surface area contributed by atoms with Crippen molar-refractivity contribution >= 4 is 28.9 Å². The number of aromatic nitrogens is 3. The molecule has 138 valence electrons. The van der Waals surface area contributed by atoms with Gasteiger partial charge in [-0.25, -0.2) is 9.78 Å². The molecule has 1 aromatic carbocycles. The van der Waals surface area contributed by atoms with Gasteiger partial charge in [-0.1, -0.05) is 23.4 Å². The number of aromatic amines is 1. The van der Waals surface area contributed by atoms with Crippen LogP contribution in [0.4, 0.5) is 0 Å². The fraction of sp³-hybridized carbons (Fsp3) is 0.0476. The molecule has 0 aliphatic carbocycles. The Morgan fingerprint density at radius 1 is 1.18 bits per heavy atom. The van der Waals surface area contributed by atoms with E-state index in [1.807, 2.05) is 30.3 Å². The first-order chi connectivity index (χ1) is 13.5. The van der Waals surface area contributed by atoms with Crippen molar-refractivity contribution in [1.82, 2.24) is 15.1 Å². The highest BCUT2D eigenvalue weighted by atomic mass is 16.5. The average molecular weight is 373 g/mol. The lowest BCUT2D eigenvalue weighted by atomic mass is 10.0. The van der Waals surface area contributed by atoms with E-state index in [4.69, 9.17) is 9.63 Å². The first-order valence-electron chi connectivity index (χ1n) is 8.48. The van der Waals surface area contributed by atoms with Gasteiger partial charge in [0.05, 0.1) is 5.56 Å². The van der Waals surface area contributed by atoms with E-state index < -0.39 is 5.97 Å². The molecular formula is C21H15N3O4. The molecule has 0 aliphatic rings. The number of nitrogens with zero attached hydrogens (tertiary/aromatic N) is 2. The summed E-state index contributed by atoms with van der Waals surface area (Å²) in [6, 6.07) is 10.9. The van der Waals surface area contributed by atoms with Crippen molar-refractivity contribution in [1.29, 1.82) is 0 Å². The van der Waals surface area contributed by atoms with E-state index in [-0.39, 0.29) is 11.5 Å². The molecule has 0 amide bonds. The number of aliphatic carboxylic acids is 1. The molecule has 0 atom stereocenters. The Bertz CT molecular complexity index is 1230. The minimum atomic E-state index is -1.01. The van der Waals surface area contributed by atoms with Gasteiger partial charge in [0.2, 0.25) is 5.78 Å². The molecule has 0 aliphatic heterocycles. The molecule has 0 radical (unpaired) electrons. The van der Waals surface area contributed by atoms with Crippen LogP contribution in [0.2, 0.25) is 0 Å². The van der Waals surface area contributed by atoms with Gasteiger partial charge < -0.3 is 14.6 Å². The van der Waals surface area contributed by atoms with Crippen LogP contribution in [0.1, 0.15) is 27.4 Å². The van der Waals surface area contributed by atoms with E-state index in [9.17, 15) is 9.59 Å². The number of benzene rings is 1. The number of carbonyl (C=O) groups is 2. The minimum Gasteiger partial charge on any atom is -0.478 e. The van der Waals surface area contributed by atoms with E-state index >= 15 is 0 Å². The Kier molecular flexibility index (Phi) is 4.33. The lowest BCUT2D eigenvalue weighted by molar-refractivity contribution is -0.131. The topological polar surface area (TPSA) is 109 Å². The summed E-state index contributed by atoms with van der Waals surface area (Å²) in [5.41, 5.74) is 3.71. The lowest BCUT2D eigenvalue weighted by Gasteiger charge is -2.04. The Labute approximate surface area is 159 Å². The third-order valence-corrected chi connectivity index (χ3v) is 4.27. The number of carbonyl (C=O) groups excluding carboxylic acids is 1. The zero-order valence-electron chi connectivity index (χ0n) is 14.8. The van der Waals surface area contributed by atoms with E-state index in [1.54, 1.807) is 25.4 Å². The van der Waals surface area contributed by atoms with Crippen LogP contribution in [0, 0.1) is 6.92 Å². The second kappa shape index (κ2) is 6.96. The molecular weight excluding hydrogens is 358 g/mol. The summed E-state index contributed by atoms with van der Waals surface area (Å²) in [6.07, 6.45) is 5.92. The Balaban J connectivity index is 1.75. The van der Waals surface area contributed by atoms with Crippen molar-refractivity contribution in [3.05, 3.63) is 77.4 Å². The normalized spacial score (nSPS) is 11.3. The lowest BCUT2D eigenvalue weighted by Crippen LogP contribution is -2.00. The molecule has 3 heterocycles. The standard InChI is InChI=1S/C21H15N3O4/c1-12-7-18(24-28-12)20(27)17-11-23-21-16(17)9-15(10-22-21)14-4-2-3-13(8-14)5-6-19(25)26/h2-11H,1H3,(H,22,23)(H,25,26). The highest BCUT2D eigenvalue weighted by Gasteiger charge is 2.18. The van der Waals surface area contributed by atoms with Crippen molar-refractivity contribution in [2.45, 2.75) is 6.92 Å². The van der Waals surface area contributed by atoms with Crippen molar-refractivity contribution in [3.63, 3.8) is 0 Å². The highest BCUT2D eigenvalue weighted by molar-refractivity contribution is 6.15. The van der Waals surface area contributed by atoms with Crippen LogP contribution in [-0.2, 0) is 4.79 Å². The van der Waals surface area contributed by atoms with Crippen LogP contribution in [0.15, 0.2) is 59.4 Å². The predicted octanol–water partition coefficient (Wildman–Crippen LogP) is 3.86. The number of H-pyrrole nitrogens is 1. The molecule has 4 aromatic rings. The van der Waals surface area contributed by atoms with E-state index in [0.717, 1.165) is 22.8 Å². The van der Waals surface area contributed by atoms with Crippen LogP contribution in [0.5, 0.6) is 0 Å². The molecule has 0 spiro atoms. The molecule has 7 heteroatoms. The van der Waals surface area contributed by atoms with Crippen LogP contribution < -0.4 is 0 Å². The fourth-order valence-electron chi connectivity index (χ4n) is 2.95. The third kappa shape index (κ3) is 3.33. The van der Waals surface area contributed by atoms with Gasteiger partial charge in [0, 0.05) is 35.5 Å². The number of carboxylic acid groups (broad SMARTS) is 1. The molecule has 2 N–H and O–H groups in total. The zero-order chi connectivity index (χ0) is 19.7. The van der Waals surface area contributed by atoms with Gasteiger partial charge in [0.25, 0.3) is 0 Å². The number of hydrogen-bond acceptors (Lipinski definition) is 5. The Morgan fingerprint density at radius 2 is 2.04 bits per heavy atom. The summed E-state index contributed by atoms with van der Waals surface area (Å²) < 4.78 is 5.00. The monoisotopic (exact) mass is 373 g/mol. The number of carboxylic acids is 1. The predicted molar refractivity (Wildman–Crippen MR) is 103 cm³/mol. The smallest absolute Gasteiger partial charge is 0.328 e. The van der Waals surface area contributed by atoms with Gasteiger partial charge in [-0.15, -0.1) is 0 Å². The van der Waals surface area contributed by atoms with E-state index in [1.165, 1.54) is 6.08 Å². The maximum Gasteiger partial charge on any atom is 0.328 e. The molecule has 0 saturated carbocycles. The molecule has 28 heavy (non-hydrogen) atoms.